The van der Waals surface area contributed by atoms with E-state index in [9.17, 15) is 4.79 Å². The van der Waals surface area contributed by atoms with Crippen LogP contribution >= 0.6 is 31.4 Å². The second-order valence-electron chi connectivity index (χ2n) is 2.20. The van der Waals surface area contributed by atoms with Crippen LogP contribution < -0.4 is 5.32 Å². The van der Waals surface area contributed by atoms with Crippen LogP contribution in [0, 0.1) is 0 Å². The number of nitrogens with one attached hydrogen (secondary N) is 1. The van der Waals surface area contributed by atoms with Crippen molar-refractivity contribution in [2.75, 3.05) is 14.4 Å². The van der Waals surface area contributed by atoms with Crippen molar-refractivity contribution < 1.29 is 4.79 Å². The Labute approximate surface area is 74.1 Å². The van der Waals surface area contributed by atoms with E-state index in [0.29, 0.717) is 0 Å². The summed E-state index contributed by atoms with van der Waals surface area (Å²) in [6.45, 7) is 1.68. The Bertz CT molecular complexity index is 116. The summed E-state index contributed by atoms with van der Waals surface area (Å²) in [5, 5.41) is 2.39. The summed E-state index contributed by atoms with van der Waals surface area (Å²) in [7, 11) is 0. The molecule has 0 rings (SSSR count). The van der Waals surface area contributed by atoms with E-state index in [0.717, 1.165) is 4.55 Å². The summed E-state index contributed by atoms with van der Waals surface area (Å²) in [4.78, 5) is 15.2. The van der Waals surface area contributed by atoms with Crippen LogP contribution in [-0.4, -0.2) is 25.7 Å². The molecule has 0 bridgehead atoms. The van der Waals surface area contributed by atoms with Crippen LogP contribution in [0.3, 0.4) is 0 Å². The van der Waals surface area contributed by atoms with Crippen LogP contribution in [0.25, 0.3) is 0 Å². The molecule has 0 aromatic rings. The van der Waals surface area contributed by atoms with Gasteiger partial charge in [-0.05, 0) is 0 Å². The molecule has 0 aliphatic carbocycles. The molecule has 2 nitrogen and oxygen atoms in total. The zero-order chi connectivity index (χ0) is 8.15. The van der Waals surface area contributed by atoms with Gasteiger partial charge < -0.3 is 0 Å². The maximum atomic E-state index is 10.8. The zero-order valence-corrected chi connectivity index (χ0v) is 9.36. The normalized spacial score (nSPS) is 14.2. The molecule has 10 heavy (non-hydrogen) atoms. The molecule has 1 atom stereocenters. The standard InChI is InChI=1S/C6H13ClINO/c1-5(7)6(10)9-4-8(2)3/h5H,4H2,1-3H3,(H,9,10)/t5-/m1/s1. The number of hydrogen-bond donors (Lipinski definition) is 1. The van der Waals surface area contributed by atoms with E-state index in [1.165, 1.54) is 0 Å². The number of halogens is 2. The number of carbonyl (C=O) groups excluding carboxylic acids is 1. The Kier molecular flexibility index (Phi) is 5.44. The first-order chi connectivity index (χ1) is 4.54. The first kappa shape index (κ1) is 10.5. The first-order valence-electron chi connectivity index (χ1n) is 2.92. The van der Waals surface area contributed by atoms with Crippen LogP contribution in [0.5, 0.6) is 0 Å². The molecule has 0 aromatic heterocycles. The van der Waals surface area contributed by atoms with Crippen molar-refractivity contribution in [1.29, 1.82) is 0 Å². The number of alkyl halides is 4. The average molecular weight is 278 g/mol. The average Bonchev–Trinajstić information content (AvgIpc) is 1.82. The number of rotatable bonds is 3. The molecule has 4 heteroatoms. The topological polar surface area (TPSA) is 29.1 Å². The monoisotopic (exact) mass is 277 g/mol. The number of carbonyl (C=O) groups is 1. The van der Waals surface area contributed by atoms with Gasteiger partial charge in [-0.25, -0.2) is 0 Å². The molecule has 0 aliphatic rings. The van der Waals surface area contributed by atoms with E-state index < -0.39 is 25.2 Å². The van der Waals surface area contributed by atoms with Crippen molar-refractivity contribution in [2.24, 2.45) is 0 Å². The molecular formula is C6H13ClINO. The van der Waals surface area contributed by atoms with Crippen molar-refractivity contribution in [2.45, 2.75) is 12.3 Å². The Morgan fingerprint density at radius 2 is 2.20 bits per heavy atom. The van der Waals surface area contributed by atoms with Crippen LogP contribution in [0.4, 0.5) is 0 Å². The third-order valence-electron chi connectivity index (χ3n) is 0.870. The van der Waals surface area contributed by atoms with Gasteiger partial charge >= 0.3 is 74.2 Å². The molecule has 0 unspecified atom stereocenters. The predicted octanol–water partition coefficient (Wildman–Crippen LogP) is 1.45. The minimum atomic E-state index is -0.805. The molecule has 0 saturated carbocycles. The fourth-order valence-electron chi connectivity index (χ4n) is 0.340. The third kappa shape index (κ3) is 5.29. The number of amides is 1. The van der Waals surface area contributed by atoms with Gasteiger partial charge in [-0.15, -0.1) is 0 Å². The van der Waals surface area contributed by atoms with Crippen molar-refractivity contribution >= 4 is 37.3 Å². The van der Waals surface area contributed by atoms with E-state index in [1.54, 1.807) is 6.92 Å². The summed E-state index contributed by atoms with van der Waals surface area (Å²) in [5.74, 6) is -0.0485. The van der Waals surface area contributed by atoms with E-state index in [2.05, 4.69) is 15.2 Å². The molecular weight excluding hydrogens is 264 g/mol. The van der Waals surface area contributed by atoms with Crippen molar-refractivity contribution in [3.63, 3.8) is 0 Å². The van der Waals surface area contributed by atoms with E-state index in [-0.39, 0.29) is 5.91 Å². The molecule has 0 saturated heterocycles. The van der Waals surface area contributed by atoms with Gasteiger partial charge in [0.15, 0.2) is 0 Å². The van der Waals surface area contributed by atoms with Gasteiger partial charge in [0.05, 0.1) is 0 Å². The van der Waals surface area contributed by atoms with Gasteiger partial charge in [-0.1, -0.05) is 0 Å². The minimum absolute atomic E-state index is 0.0485. The van der Waals surface area contributed by atoms with Crippen LogP contribution in [0.15, 0.2) is 0 Å². The van der Waals surface area contributed by atoms with Gasteiger partial charge in [0.25, 0.3) is 0 Å². The Hall–Kier alpha value is 0.490. The summed E-state index contributed by atoms with van der Waals surface area (Å²) in [5.41, 5.74) is 0. The maximum absolute atomic E-state index is 10.8. The predicted molar refractivity (Wildman–Crippen MR) is 54.2 cm³/mol. The second kappa shape index (κ2) is 5.18. The molecule has 0 fully saturated rings. The van der Waals surface area contributed by atoms with Crippen LogP contribution in [0.2, 0.25) is 0 Å². The molecule has 0 radical (unpaired) electrons. The fraction of sp³-hybridized carbons (Fsp3) is 0.833. The zero-order valence-electron chi connectivity index (χ0n) is 6.45. The third-order valence-corrected chi connectivity index (χ3v) is 2.97. The van der Waals surface area contributed by atoms with Crippen molar-refractivity contribution in [1.82, 2.24) is 5.32 Å². The van der Waals surface area contributed by atoms with E-state index in [4.69, 9.17) is 11.6 Å². The van der Waals surface area contributed by atoms with E-state index >= 15 is 0 Å². The van der Waals surface area contributed by atoms with Gasteiger partial charge in [-0.3, -0.25) is 0 Å². The Morgan fingerprint density at radius 3 is 2.50 bits per heavy atom. The molecule has 0 heterocycles. The van der Waals surface area contributed by atoms with Gasteiger partial charge in [-0.2, -0.15) is 0 Å². The summed E-state index contributed by atoms with van der Waals surface area (Å²) >= 11 is 4.71. The molecule has 62 valence electrons. The Morgan fingerprint density at radius 1 is 1.70 bits per heavy atom. The summed E-state index contributed by atoms with van der Waals surface area (Å²) < 4.78 is 0.861. The van der Waals surface area contributed by atoms with Gasteiger partial charge in [0.1, 0.15) is 0 Å². The van der Waals surface area contributed by atoms with Gasteiger partial charge in [0, 0.05) is 0 Å². The summed E-state index contributed by atoms with van der Waals surface area (Å²) in [6.07, 6.45) is 0. The van der Waals surface area contributed by atoms with Gasteiger partial charge in [0.2, 0.25) is 0 Å². The quantitative estimate of drug-likeness (QED) is 0.472. The molecule has 1 amide bonds. The van der Waals surface area contributed by atoms with Crippen molar-refractivity contribution in [3.05, 3.63) is 0 Å². The number of hydrogen-bond acceptors (Lipinski definition) is 1. The SMILES string of the molecule is C[C@@H](Cl)C(=O)NCI(C)C. The van der Waals surface area contributed by atoms with Crippen molar-refractivity contribution in [3.8, 4) is 0 Å². The Balaban J connectivity index is 3.40. The molecule has 0 aromatic carbocycles. The summed E-state index contributed by atoms with van der Waals surface area (Å²) in [6, 6.07) is 0. The first-order valence-corrected chi connectivity index (χ1v) is 9.19. The van der Waals surface area contributed by atoms with Crippen LogP contribution in [-0.2, 0) is 4.79 Å². The second-order valence-corrected chi connectivity index (χ2v) is 8.83. The molecule has 0 aliphatic heterocycles. The van der Waals surface area contributed by atoms with E-state index in [1.807, 2.05) is 0 Å². The fourth-order valence-corrected chi connectivity index (χ4v) is 1.56. The molecule has 1 N–H and O–H groups in total. The molecule has 0 spiro atoms. The van der Waals surface area contributed by atoms with Crippen LogP contribution in [0.1, 0.15) is 6.92 Å².